The van der Waals surface area contributed by atoms with E-state index < -0.39 is 35.3 Å². The molecule has 0 N–H and O–H groups in total. The summed E-state index contributed by atoms with van der Waals surface area (Å²) in [6.45, 7) is 2.12. The van der Waals surface area contributed by atoms with Gasteiger partial charge >= 0.3 is 6.18 Å². The standard InChI is InChI=1S/C22H20F5N5O2/c1-13-3-2-8-31(18(13)12-34-19-5-4-14(11-28-19)22(25,26)27)21(33)20-16(24)9-15(23)10-17(20)32-29-6-7-30-32/h4-7,9-11,13,18H,2-3,8,12H2,1H3/t13-,18-/m1/s1. The molecule has 1 aromatic carbocycles. The quantitative estimate of drug-likeness (QED) is 0.509. The molecule has 1 saturated heterocycles. The molecule has 34 heavy (non-hydrogen) atoms. The molecular formula is C22H20F5N5O2. The summed E-state index contributed by atoms with van der Waals surface area (Å²) >= 11 is 0. The van der Waals surface area contributed by atoms with E-state index in [2.05, 4.69) is 15.2 Å². The Hall–Kier alpha value is -3.57. The van der Waals surface area contributed by atoms with Crippen LogP contribution in [0.4, 0.5) is 22.0 Å². The van der Waals surface area contributed by atoms with Crippen molar-refractivity contribution < 1.29 is 31.5 Å². The minimum atomic E-state index is -4.52. The van der Waals surface area contributed by atoms with Crippen LogP contribution in [0, 0.1) is 17.6 Å². The molecule has 2 atom stereocenters. The van der Waals surface area contributed by atoms with Gasteiger partial charge in [-0.15, -0.1) is 0 Å². The molecule has 0 unspecified atom stereocenters. The van der Waals surface area contributed by atoms with E-state index >= 15 is 0 Å². The average Bonchev–Trinajstić information content (AvgIpc) is 3.32. The Morgan fingerprint density at radius 2 is 1.91 bits per heavy atom. The number of rotatable bonds is 5. The lowest BCUT2D eigenvalue weighted by Gasteiger charge is -2.40. The van der Waals surface area contributed by atoms with Crippen molar-refractivity contribution in [2.75, 3.05) is 13.2 Å². The summed E-state index contributed by atoms with van der Waals surface area (Å²) in [7, 11) is 0. The first-order valence-electron chi connectivity index (χ1n) is 10.5. The maximum Gasteiger partial charge on any atom is 0.417 e. The van der Waals surface area contributed by atoms with Crippen molar-refractivity contribution in [3.63, 3.8) is 0 Å². The number of ether oxygens (including phenoxy) is 1. The van der Waals surface area contributed by atoms with Gasteiger partial charge in [-0.3, -0.25) is 4.79 Å². The largest absolute Gasteiger partial charge is 0.475 e. The number of benzene rings is 1. The Labute approximate surface area is 191 Å². The maximum absolute atomic E-state index is 14.8. The zero-order chi connectivity index (χ0) is 24.5. The lowest BCUT2D eigenvalue weighted by molar-refractivity contribution is -0.137. The normalized spacial score (nSPS) is 18.7. The van der Waals surface area contributed by atoms with E-state index in [1.165, 1.54) is 17.3 Å². The highest BCUT2D eigenvalue weighted by atomic mass is 19.4. The van der Waals surface area contributed by atoms with Gasteiger partial charge in [0.05, 0.1) is 24.0 Å². The van der Waals surface area contributed by atoms with Gasteiger partial charge in [-0.2, -0.15) is 28.2 Å². The molecule has 3 aromatic rings. The number of carbonyl (C=O) groups is 1. The van der Waals surface area contributed by atoms with E-state index in [0.717, 1.165) is 29.4 Å². The number of aromatic nitrogens is 4. The van der Waals surface area contributed by atoms with Gasteiger partial charge in [0, 0.05) is 30.9 Å². The van der Waals surface area contributed by atoms with Crippen molar-refractivity contribution in [3.05, 3.63) is 65.6 Å². The second-order valence-corrected chi connectivity index (χ2v) is 7.98. The highest BCUT2D eigenvalue weighted by Crippen LogP contribution is 2.31. The molecule has 1 fully saturated rings. The fourth-order valence-electron chi connectivity index (χ4n) is 3.97. The average molecular weight is 481 g/mol. The molecular weight excluding hydrogens is 461 g/mol. The van der Waals surface area contributed by atoms with Gasteiger partial charge in [0.25, 0.3) is 5.91 Å². The predicted octanol–water partition coefficient (Wildman–Crippen LogP) is 4.28. The van der Waals surface area contributed by atoms with Crippen molar-refractivity contribution in [2.45, 2.75) is 32.0 Å². The van der Waals surface area contributed by atoms with Crippen LogP contribution in [-0.2, 0) is 6.18 Å². The Bertz CT molecular complexity index is 1150. The molecule has 1 amide bonds. The monoisotopic (exact) mass is 481 g/mol. The smallest absolute Gasteiger partial charge is 0.417 e. The molecule has 1 aliphatic rings. The topological polar surface area (TPSA) is 73.1 Å². The van der Waals surface area contributed by atoms with E-state index in [4.69, 9.17) is 4.74 Å². The maximum atomic E-state index is 14.8. The zero-order valence-electron chi connectivity index (χ0n) is 18.0. The molecule has 180 valence electrons. The van der Waals surface area contributed by atoms with Crippen LogP contribution in [0.1, 0.15) is 35.7 Å². The number of piperidine rings is 1. The van der Waals surface area contributed by atoms with Crippen LogP contribution in [0.3, 0.4) is 0 Å². The summed E-state index contributed by atoms with van der Waals surface area (Å²) in [5.74, 6) is -2.72. The van der Waals surface area contributed by atoms with Gasteiger partial charge < -0.3 is 9.64 Å². The van der Waals surface area contributed by atoms with E-state index in [1.807, 2.05) is 6.92 Å². The number of hydrogen-bond donors (Lipinski definition) is 0. The third-order valence-corrected chi connectivity index (χ3v) is 5.72. The molecule has 2 aromatic heterocycles. The number of amides is 1. The van der Waals surface area contributed by atoms with Crippen LogP contribution >= 0.6 is 0 Å². The van der Waals surface area contributed by atoms with Crippen LogP contribution in [0.25, 0.3) is 5.69 Å². The first-order chi connectivity index (χ1) is 16.1. The number of pyridine rings is 1. The van der Waals surface area contributed by atoms with Crippen molar-refractivity contribution >= 4 is 5.91 Å². The number of hydrogen-bond acceptors (Lipinski definition) is 5. The van der Waals surface area contributed by atoms with Gasteiger partial charge in [-0.05, 0) is 24.8 Å². The zero-order valence-corrected chi connectivity index (χ0v) is 18.0. The van der Waals surface area contributed by atoms with Crippen LogP contribution in [0.2, 0.25) is 0 Å². The Balaban J connectivity index is 1.59. The third kappa shape index (κ3) is 4.85. The second kappa shape index (κ2) is 9.35. The fraction of sp³-hybridized carbons (Fsp3) is 0.364. The molecule has 4 rings (SSSR count). The van der Waals surface area contributed by atoms with Crippen molar-refractivity contribution in [3.8, 4) is 11.6 Å². The van der Waals surface area contributed by atoms with Crippen LogP contribution in [0.15, 0.2) is 42.9 Å². The first kappa shape index (κ1) is 23.6. The lowest BCUT2D eigenvalue weighted by Crippen LogP contribution is -2.51. The predicted molar refractivity (Wildman–Crippen MR) is 109 cm³/mol. The molecule has 12 heteroatoms. The SMILES string of the molecule is C[C@@H]1CCCN(C(=O)c2c(F)cc(F)cc2-n2nccn2)[C@@H]1COc1ccc(C(F)(F)F)cn1. The van der Waals surface area contributed by atoms with E-state index in [-0.39, 0.29) is 29.7 Å². The molecule has 0 spiro atoms. The Morgan fingerprint density at radius 3 is 2.56 bits per heavy atom. The van der Waals surface area contributed by atoms with Crippen LogP contribution < -0.4 is 4.74 Å². The number of nitrogens with zero attached hydrogens (tertiary/aromatic N) is 5. The summed E-state index contributed by atoms with van der Waals surface area (Å²) in [5, 5.41) is 7.76. The molecule has 3 heterocycles. The van der Waals surface area contributed by atoms with Gasteiger partial charge in [-0.1, -0.05) is 6.92 Å². The van der Waals surface area contributed by atoms with Crippen LogP contribution in [0.5, 0.6) is 5.88 Å². The number of alkyl halides is 3. The van der Waals surface area contributed by atoms with E-state index in [1.54, 1.807) is 0 Å². The highest BCUT2D eigenvalue weighted by molar-refractivity contribution is 5.98. The van der Waals surface area contributed by atoms with Gasteiger partial charge in [-0.25, -0.2) is 13.8 Å². The first-order valence-corrected chi connectivity index (χ1v) is 10.5. The van der Waals surface area contributed by atoms with Crippen LogP contribution in [-0.4, -0.2) is 50.0 Å². The molecule has 0 aliphatic carbocycles. The number of halogens is 5. The summed E-state index contributed by atoms with van der Waals surface area (Å²) < 4.78 is 72.6. The highest BCUT2D eigenvalue weighted by Gasteiger charge is 2.36. The van der Waals surface area contributed by atoms with Gasteiger partial charge in [0.2, 0.25) is 5.88 Å². The lowest BCUT2D eigenvalue weighted by atomic mass is 9.90. The Morgan fingerprint density at radius 1 is 1.18 bits per heavy atom. The molecule has 0 radical (unpaired) electrons. The van der Waals surface area contributed by atoms with E-state index in [9.17, 15) is 26.7 Å². The number of likely N-dealkylation sites (tertiary alicyclic amines) is 1. The summed E-state index contributed by atoms with van der Waals surface area (Å²) in [5.41, 5.74) is -1.44. The molecule has 0 bridgehead atoms. The number of carbonyl (C=O) groups excluding carboxylic acids is 1. The molecule has 0 saturated carbocycles. The van der Waals surface area contributed by atoms with Crippen molar-refractivity contribution in [1.29, 1.82) is 0 Å². The summed E-state index contributed by atoms with van der Waals surface area (Å²) in [6, 6.07) is 3.02. The van der Waals surface area contributed by atoms with Crippen molar-refractivity contribution in [2.24, 2.45) is 5.92 Å². The van der Waals surface area contributed by atoms with Gasteiger partial charge in [0.1, 0.15) is 29.5 Å². The Kier molecular flexibility index (Phi) is 6.49. The fourth-order valence-corrected chi connectivity index (χ4v) is 3.97. The second-order valence-electron chi connectivity index (χ2n) is 7.98. The summed E-state index contributed by atoms with van der Waals surface area (Å²) in [6.07, 6.45) is 0.187. The molecule has 7 nitrogen and oxygen atoms in total. The minimum absolute atomic E-state index is 0.0347. The van der Waals surface area contributed by atoms with Gasteiger partial charge in [0.15, 0.2) is 0 Å². The minimum Gasteiger partial charge on any atom is -0.475 e. The summed E-state index contributed by atoms with van der Waals surface area (Å²) in [4.78, 5) is 19.6. The molecule has 1 aliphatic heterocycles. The van der Waals surface area contributed by atoms with Crippen molar-refractivity contribution in [1.82, 2.24) is 24.9 Å². The third-order valence-electron chi connectivity index (χ3n) is 5.72. The van der Waals surface area contributed by atoms with E-state index in [0.29, 0.717) is 25.2 Å².